The zero-order chi connectivity index (χ0) is 11.3. The van der Waals surface area contributed by atoms with Crippen LogP contribution >= 0.6 is 0 Å². The molecule has 0 saturated heterocycles. The Balaban J connectivity index is 2.87. The van der Waals surface area contributed by atoms with Crippen molar-refractivity contribution in [2.45, 2.75) is 6.92 Å². The fourth-order valence-electron chi connectivity index (χ4n) is 1.19. The summed E-state index contributed by atoms with van der Waals surface area (Å²) in [4.78, 5) is 3.92. The van der Waals surface area contributed by atoms with Crippen LogP contribution in [0.25, 0.3) is 0 Å². The highest BCUT2D eigenvalue weighted by Gasteiger charge is 2.01. The number of benzene rings is 1. The topological polar surface area (TPSA) is 71.7 Å². The number of hydrogen-bond donors (Lipinski definition) is 3. The molecule has 0 spiro atoms. The van der Waals surface area contributed by atoms with Crippen molar-refractivity contribution in [3.8, 4) is 5.75 Å². The van der Waals surface area contributed by atoms with E-state index in [1.807, 2.05) is 25.1 Å². The monoisotopic (exact) mass is 208 g/mol. The number of hydrogen-bond acceptors (Lipinski definition) is 3. The molecule has 0 atom stereocenters. The van der Waals surface area contributed by atoms with Gasteiger partial charge in [-0.25, -0.2) is 5.84 Å². The van der Waals surface area contributed by atoms with Gasteiger partial charge in [-0.05, 0) is 30.7 Å². The van der Waals surface area contributed by atoms with E-state index in [9.17, 15) is 0 Å². The molecule has 0 aromatic heterocycles. The molecule has 0 unspecified atom stereocenters. The Bertz CT molecular complexity index is 362. The Morgan fingerprint density at radius 2 is 2.20 bits per heavy atom. The van der Waals surface area contributed by atoms with Crippen molar-refractivity contribution < 1.29 is 4.74 Å². The van der Waals surface area contributed by atoms with E-state index in [0.29, 0.717) is 5.96 Å². The average molecular weight is 208 g/mol. The average Bonchev–Trinajstić information content (AvgIpc) is 2.27. The lowest BCUT2D eigenvalue weighted by Crippen LogP contribution is -2.36. The van der Waals surface area contributed by atoms with Crippen LogP contribution in [0, 0.1) is 6.92 Å². The van der Waals surface area contributed by atoms with Crippen molar-refractivity contribution in [2.24, 2.45) is 10.8 Å². The van der Waals surface area contributed by atoms with E-state index in [1.54, 1.807) is 14.2 Å². The summed E-state index contributed by atoms with van der Waals surface area (Å²) in [6.07, 6.45) is 0. The molecule has 0 amide bonds. The highest BCUT2D eigenvalue weighted by atomic mass is 16.5. The van der Waals surface area contributed by atoms with Crippen LogP contribution in [-0.4, -0.2) is 20.1 Å². The third-order valence-electron chi connectivity index (χ3n) is 2.05. The van der Waals surface area contributed by atoms with Crippen LogP contribution in [0.4, 0.5) is 5.69 Å². The van der Waals surface area contributed by atoms with Gasteiger partial charge < -0.3 is 10.1 Å². The molecule has 0 bridgehead atoms. The standard InChI is InChI=1S/C10H16N4O/c1-7-6-8(15-3)4-5-9(7)13-10(12-2)14-11/h4-6H,11H2,1-3H3,(H2,12,13,14). The van der Waals surface area contributed by atoms with Gasteiger partial charge in [0.15, 0.2) is 0 Å². The molecular weight excluding hydrogens is 192 g/mol. The molecule has 0 saturated carbocycles. The highest BCUT2D eigenvalue weighted by molar-refractivity contribution is 5.93. The van der Waals surface area contributed by atoms with Crippen LogP contribution in [0.3, 0.4) is 0 Å². The van der Waals surface area contributed by atoms with Crippen LogP contribution in [-0.2, 0) is 0 Å². The van der Waals surface area contributed by atoms with Crippen molar-refractivity contribution in [2.75, 3.05) is 19.5 Å². The number of aliphatic imine (C=N–C) groups is 1. The van der Waals surface area contributed by atoms with Crippen molar-refractivity contribution in [3.63, 3.8) is 0 Å². The number of hydrazine groups is 1. The summed E-state index contributed by atoms with van der Waals surface area (Å²) in [5.74, 6) is 6.61. The molecule has 1 aromatic rings. The number of rotatable bonds is 2. The van der Waals surface area contributed by atoms with Crippen LogP contribution in [0.1, 0.15) is 5.56 Å². The maximum atomic E-state index is 5.27. The lowest BCUT2D eigenvalue weighted by Gasteiger charge is -2.11. The van der Waals surface area contributed by atoms with E-state index in [2.05, 4.69) is 15.7 Å². The molecule has 0 aliphatic heterocycles. The molecule has 1 aromatic carbocycles. The number of nitrogens with zero attached hydrogens (tertiary/aromatic N) is 1. The lowest BCUT2D eigenvalue weighted by atomic mass is 10.2. The first kappa shape index (κ1) is 11.3. The van der Waals surface area contributed by atoms with E-state index in [1.165, 1.54) is 0 Å². The van der Waals surface area contributed by atoms with Gasteiger partial charge in [0, 0.05) is 12.7 Å². The summed E-state index contributed by atoms with van der Waals surface area (Å²) in [5.41, 5.74) is 4.46. The Hall–Kier alpha value is -1.75. The van der Waals surface area contributed by atoms with E-state index >= 15 is 0 Å². The lowest BCUT2D eigenvalue weighted by molar-refractivity contribution is 0.414. The molecule has 15 heavy (non-hydrogen) atoms. The van der Waals surface area contributed by atoms with E-state index in [0.717, 1.165) is 17.0 Å². The fourth-order valence-corrected chi connectivity index (χ4v) is 1.19. The van der Waals surface area contributed by atoms with Gasteiger partial charge in [0.1, 0.15) is 5.75 Å². The third kappa shape index (κ3) is 2.85. The number of guanidine groups is 1. The molecule has 0 aliphatic carbocycles. The third-order valence-corrected chi connectivity index (χ3v) is 2.05. The molecule has 0 fully saturated rings. The maximum Gasteiger partial charge on any atom is 0.209 e. The van der Waals surface area contributed by atoms with Gasteiger partial charge in [-0.15, -0.1) is 0 Å². The van der Waals surface area contributed by atoms with Crippen molar-refractivity contribution >= 4 is 11.6 Å². The molecule has 0 heterocycles. The second-order valence-corrected chi connectivity index (χ2v) is 3.02. The Labute approximate surface area is 89.3 Å². The molecule has 1 rings (SSSR count). The van der Waals surface area contributed by atoms with Gasteiger partial charge in [0.25, 0.3) is 0 Å². The zero-order valence-electron chi connectivity index (χ0n) is 9.16. The van der Waals surface area contributed by atoms with Crippen LogP contribution in [0.15, 0.2) is 23.2 Å². The SMILES string of the molecule is CN=C(NN)Nc1ccc(OC)cc1C. The minimum absolute atomic E-state index is 0.517. The fraction of sp³-hybridized carbons (Fsp3) is 0.300. The van der Waals surface area contributed by atoms with Crippen molar-refractivity contribution in [1.29, 1.82) is 0 Å². The highest BCUT2D eigenvalue weighted by Crippen LogP contribution is 2.20. The quantitative estimate of drug-likeness (QED) is 0.292. The minimum Gasteiger partial charge on any atom is -0.497 e. The second kappa shape index (κ2) is 5.21. The molecule has 5 heteroatoms. The summed E-state index contributed by atoms with van der Waals surface area (Å²) in [5, 5.41) is 3.06. The maximum absolute atomic E-state index is 5.27. The summed E-state index contributed by atoms with van der Waals surface area (Å²) < 4.78 is 5.11. The number of ether oxygens (including phenoxy) is 1. The van der Waals surface area contributed by atoms with Gasteiger partial charge in [0.2, 0.25) is 5.96 Å². The summed E-state index contributed by atoms with van der Waals surface area (Å²) in [7, 11) is 3.29. The van der Waals surface area contributed by atoms with Crippen LogP contribution in [0.5, 0.6) is 5.75 Å². The number of aryl methyl sites for hydroxylation is 1. The Morgan fingerprint density at radius 1 is 1.47 bits per heavy atom. The van der Waals surface area contributed by atoms with E-state index < -0.39 is 0 Å². The number of methoxy groups -OCH3 is 1. The largest absolute Gasteiger partial charge is 0.497 e. The van der Waals surface area contributed by atoms with Crippen molar-refractivity contribution in [1.82, 2.24) is 5.43 Å². The van der Waals surface area contributed by atoms with Crippen molar-refractivity contribution in [3.05, 3.63) is 23.8 Å². The molecule has 4 N–H and O–H groups in total. The normalized spacial score (nSPS) is 11.1. The van der Waals surface area contributed by atoms with Gasteiger partial charge in [0.05, 0.1) is 7.11 Å². The number of anilines is 1. The summed E-state index contributed by atoms with van der Waals surface area (Å²) >= 11 is 0. The first-order chi connectivity index (χ1) is 7.21. The molecule has 5 nitrogen and oxygen atoms in total. The smallest absolute Gasteiger partial charge is 0.209 e. The van der Waals surface area contributed by atoms with Gasteiger partial charge in [-0.3, -0.25) is 10.4 Å². The molecule has 0 radical (unpaired) electrons. The summed E-state index contributed by atoms with van der Waals surface area (Å²) in [6, 6.07) is 5.72. The predicted molar refractivity (Wildman–Crippen MR) is 62.0 cm³/mol. The van der Waals surface area contributed by atoms with Crippen LogP contribution in [0.2, 0.25) is 0 Å². The van der Waals surface area contributed by atoms with Gasteiger partial charge in [-0.2, -0.15) is 0 Å². The minimum atomic E-state index is 0.517. The first-order valence-corrected chi connectivity index (χ1v) is 4.56. The van der Waals surface area contributed by atoms with Crippen LogP contribution < -0.4 is 21.3 Å². The van der Waals surface area contributed by atoms with Gasteiger partial charge >= 0.3 is 0 Å². The Morgan fingerprint density at radius 3 is 2.67 bits per heavy atom. The number of nitrogens with one attached hydrogen (secondary N) is 2. The predicted octanol–water partition coefficient (Wildman–Crippen LogP) is 0.865. The Kier molecular flexibility index (Phi) is 3.93. The van der Waals surface area contributed by atoms with E-state index in [4.69, 9.17) is 10.6 Å². The number of nitrogens with two attached hydrogens (primary N) is 1. The molecule has 0 aliphatic rings. The zero-order valence-corrected chi connectivity index (χ0v) is 9.16. The van der Waals surface area contributed by atoms with Gasteiger partial charge in [-0.1, -0.05) is 0 Å². The van der Waals surface area contributed by atoms with E-state index in [-0.39, 0.29) is 0 Å². The second-order valence-electron chi connectivity index (χ2n) is 3.02. The molecular formula is C10H16N4O. The summed E-state index contributed by atoms with van der Waals surface area (Å²) in [6.45, 7) is 1.98. The first-order valence-electron chi connectivity index (χ1n) is 4.56. The molecule has 82 valence electrons.